The number of hydrogen-bond donors (Lipinski definition) is 0. The molecule has 0 atom stereocenters. The molecule has 1 aromatic rings. The van der Waals surface area contributed by atoms with Crippen molar-refractivity contribution in [1.29, 1.82) is 0 Å². The van der Waals surface area contributed by atoms with E-state index in [2.05, 4.69) is 27.8 Å². The van der Waals surface area contributed by atoms with Crippen LogP contribution in [0.5, 0.6) is 0 Å². The summed E-state index contributed by atoms with van der Waals surface area (Å²) in [6.07, 6.45) is 3.94. The van der Waals surface area contributed by atoms with Gasteiger partial charge in [0.05, 0.1) is 0 Å². The third-order valence-corrected chi connectivity index (χ3v) is 4.51. The van der Waals surface area contributed by atoms with Crippen LogP contribution in [0.1, 0.15) is 19.9 Å². The molecular formula is C8H13N3S4. The fourth-order valence-electron chi connectivity index (χ4n) is 0.910. The highest BCUT2D eigenvalue weighted by molar-refractivity contribution is 8.22. The molecule has 0 aliphatic heterocycles. The van der Waals surface area contributed by atoms with Crippen LogP contribution >= 0.6 is 47.3 Å². The number of rotatable bonds is 2. The van der Waals surface area contributed by atoms with E-state index in [9.17, 15) is 0 Å². The summed E-state index contributed by atoms with van der Waals surface area (Å²) in [5.41, 5.74) is 0. The van der Waals surface area contributed by atoms with Gasteiger partial charge in [0.25, 0.3) is 0 Å². The van der Waals surface area contributed by atoms with E-state index in [0.717, 1.165) is 9.96 Å². The van der Waals surface area contributed by atoms with Gasteiger partial charge in [-0.25, -0.2) is 0 Å². The number of nitrogens with zero attached hydrogens (tertiary/aromatic N) is 3. The van der Waals surface area contributed by atoms with Gasteiger partial charge in [-0.2, -0.15) is 9.98 Å². The molecule has 0 bridgehead atoms. The molecule has 1 rings (SSSR count). The Balaban J connectivity index is 3.13. The van der Waals surface area contributed by atoms with Crippen LogP contribution < -0.4 is 4.80 Å². The van der Waals surface area contributed by atoms with Gasteiger partial charge in [0, 0.05) is 6.04 Å². The number of aromatic nitrogens is 2. The predicted octanol–water partition coefficient (Wildman–Crippen LogP) is 2.80. The van der Waals surface area contributed by atoms with Gasteiger partial charge in [0.15, 0.2) is 9.48 Å². The van der Waals surface area contributed by atoms with Gasteiger partial charge in [-0.05, 0) is 37.9 Å². The highest BCUT2D eigenvalue weighted by atomic mass is 32.2. The van der Waals surface area contributed by atoms with Crippen LogP contribution in [0.4, 0.5) is 0 Å². The van der Waals surface area contributed by atoms with Gasteiger partial charge in [-0.3, -0.25) is 3.96 Å². The van der Waals surface area contributed by atoms with Crippen LogP contribution in [0.2, 0.25) is 0 Å². The number of thioether (sulfide) groups is 2. The monoisotopic (exact) mass is 279 g/mol. The van der Waals surface area contributed by atoms with Crippen molar-refractivity contribution in [2.24, 2.45) is 4.99 Å². The SMILES string of the molecule is CSC(=S)/N=c1/nc(SC)n(C(C)C)s1. The second-order valence-corrected chi connectivity index (χ2v) is 6.13. The summed E-state index contributed by atoms with van der Waals surface area (Å²) < 4.78 is 2.78. The third-order valence-electron chi connectivity index (χ3n) is 1.57. The number of thiocarbonyl (C=S) groups is 1. The zero-order chi connectivity index (χ0) is 11.4. The maximum Gasteiger partial charge on any atom is 0.229 e. The largest absolute Gasteiger partial charge is 0.271 e. The molecule has 0 N–H and O–H groups in total. The molecule has 3 nitrogen and oxygen atoms in total. The lowest BCUT2D eigenvalue weighted by Crippen LogP contribution is -2.00. The van der Waals surface area contributed by atoms with E-state index in [1.54, 1.807) is 23.3 Å². The third kappa shape index (κ3) is 3.58. The second kappa shape index (κ2) is 6.03. The Morgan fingerprint density at radius 1 is 1.53 bits per heavy atom. The molecule has 0 unspecified atom stereocenters. The normalized spacial score (nSPS) is 12.5. The van der Waals surface area contributed by atoms with Crippen LogP contribution in [0, 0.1) is 0 Å². The van der Waals surface area contributed by atoms with E-state index in [1.807, 2.05) is 12.5 Å². The van der Waals surface area contributed by atoms with Gasteiger partial charge in [-0.15, -0.1) is 0 Å². The Labute approximate surface area is 108 Å². The molecule has 0 aromatic carbocycles. The summed E-state index contributed by atoms with van der Waals surface area (Å²) in [5, 5.41) is 0.998. The minimum absolute atomic E-state index is 0.414. The Morgan fingerprint density at radius 3 is 2.60 bits per heavy atom. The van der Waals surface area contributed by atoms with Crippen molar-refractivity contribution >= 4 is 51.6 Å². The summed E-state index contributed by atoms with van der Waals surface area (Å²) >= 11 is 9.69. The average molecular weight is 279 g/mol. The molecule has 0 fully saturated rings. The van der Waals surface area contributed by atoms with Crippen LogP contribution in [0.15, 0.2) is 10.1 Å². The molecule has 1 aromatic heterocycles. The Bertz CT molecular complexity index is 404. The van der Waals surface area contributed by atoms with E-state index in [-0.39, 0.29) is 0 Å². The smallest absolute Gasteiger partial charge is 0.229 e. The Morgan fingerprint density at radius 2 is 2.20 bits per heavy atom. The van der Waals surface area contributed by atoms with Crippen molar-refractivity contribution in [2.75, 3.05) is 12.5 Å². The predicted molar refractivity (Wildman–Crippen MR) is 73.9 cm³/mol. The van der Waals surface area contributed by atoms with E-state index in [4.69, 9.17) is 12.2 Å². The topological polar surface area (TPSA) is 30.2 Å². The standard InChI is InChI=1S/C8H13N3S4/c1-5(2)11-7(13-3)9-6(15-11)10-8(12)14-4/h5H,1-4H3/b10-6-. The van der Waals surface area contributed by atoms with Gasteiger partial charge < -0.3 is 0 Å². The molecule has 7 heteroatoms. The zero-order valence-electron chi connectivity index (χ0n) is 9.05. The Hall–Kier alpha value is 0.150. The number of hydrogen-bond acceptors (Lipinski definition) is 5. The van der Waals surface area contributed by atoms with E-state index in [0.29, 0.717) is 10.4 Å². The molecule has 0 aliphatic rings. The molecule has 0 amide bonds. The van der Waals surface area contributed by atoms with E-state index >= 15 is 0 Å². The van der Waals surface area contributed by atoms with Crippen molar-refractivity contribution in [3.8, 4) is 0 Å². The van der Waals surface area contributed by atoms with Crippen LogP contribution in [0.3, 0.4) is 0 Å². The summed E-state index contributed by atoms with van der Waals surface area (Å²) in [4.78, 5) is 9.41. The molecule has 0 saturated carbocycles. The first kappa shape index (κ1) is 13.2. The molecule has 1 heterocycles. The van der Waals surface area contributed by atoms with Crippen LogP contribution in [0.25, 0.3) is 0 Å². The minimum Gasteiger partial charge on any atom is -0.271 e. The summed E-state index contributed by atoms with van der Waals surface area (Å²) in [6.45, 7) is 4.27. The minimum atomic E-state index is 0.414. The molecule has 0 aliphatic carbocycles. The van der Waals surface area contributed by atoms with Crippen molar-refractivity contribution in [3.05, 3.63) is 4.80 Å². The lowest BCUT2D eigenvalue weighted by molar-refractivity contribution is 0.591. The molecule has 15 heavy (non-hydrogen) atoms. The first-order valence-electron chi connectivity index (χ1n) is 4.35. The first-order chi connectivity index (χ1) is 7.08. The van der Waals surface area contributed by atoms with Crippen molar-refractivity contribution in [3.63, 3.8) is 0 Å². The molecule has 0 radical (unpaired) electrons. The lowest BCUT2D eigenvalue weighted by Gasteiger charge is -2.06. The van der Waals surface area contributed by atoms with E-state index < -0.39 is 0 Å². The quantitative estimate of drug-likeness (QED) is 0.615. The Kier molecular flexibility index (Phi) is 5.31. The second-order valence-electron chi connectivity index (χ2n) is 2.97. The highest BCUT2D eigenvalue weighted by Gasteiger charge is 2.07. The van der Waals surface area contributed by atoms with Crippen molar-refractivity contribution in [2.45, 2.75) is 25.0 Å². The van der Waals surface area contributed by atoms with Crippen LogP contribution in [-0.2, 0) is 0 Å². The average Bonchev–Trinajstić information content (AvgIpc) is 2.60. The maximum absolute atomic E-state index is 5.04. The maximum atomic E-state index is 5.04. The van der Waals surface area contributed by atoms with Gasteiger partial charge >= 0.3 is 0 Å². The van der Waals surface area contributed by atoms with Crippen molar-refractivity contribution in [1.82, 2.24) is 8.94 Å². The van der Waals surface area contributed by atoms with Crippen LogP contribution in [-0.4, -0.2) is 25.8 Å². The van der Waals surface area contributed by atoms with Gasteiger partial charge in [-0.1, -0.05) is 35.7 Å². The van der Waals surface area contributed by atoms with Crippen molar-refractivity contribution < 1.29 is 0 Å². The molecule has 84 valence electrons. The fourth-order valence-corrected chi connectivity index (χ4v) is 3.02. The first-order valence-corrected chi connectivity index (χ1v) is 7.98. The van der Waals surface area contributed by atoms with E-state index in [1.165, 1.54) is 11.8 Å². The molecule has 0 saturated heterocycles. The van der Waals surface area contributed by atoms with Gasteiger partial charge in [0.2, 0.25) is 4.80 Å². The zero-order valence-corrected chi connectivity index (χ0v) is 12.3. The summed E-state index contributed by atoms with van der Waals surface area (Å²) in [7, 11) is 0. The molecule has 0 spiro atoms. The summed E-state index contributed by atoms with van der Waals surface area (Å²) in [5.74, 6) is 0. The lowest BCUT2D eigenvalue weighted by atomic mass is 10.4. The highest BCUT2D eigenvalue weighted by Crippen LogP contribution is 2.17. The molecular weight excluding hydrogens is 266 g/mol. The fraction of sp³-hybridized carbons (Fsp3) is 0.625. The summed E-state index contributed by atoms with van der Waals surface area (Å²) in [6, 6.07) is 0.414. The van der Waals surface area contributed by atoms with Gasteiger partial charge in [0.1, 0.15) is 0 Å².